The van der Waals surface area contributed by atoms with E-state index in [4.69, 9.17) is 0 Å². The van der Waals surface area contributed by atoms with E-state index < -0.39 is 12.1 Å². The Hall–Kier alpha value is -3.50. The molecule has 2 aromatic heterocycles. The van der Waals surface area contributed by atoms with Gasteiger partial charge in [-0.2, -0.15) is 9.61 Å². The van der Waals surface area contributed by atoms with Crippen LogP contribution in [0.15, 0.2) is 36.5 Å². The summed E-state index contributed by atoms with van der Waals surface area (Å²) in [6.07, 6.45) is -1.55. The van der Waals surface area contributed by atoms with Gasteiger partial charge in [0.25, 0.3) is 5.91 Å². The summed E-state index contributed by atoms with van der Waals surface area (Å²) >= 11 is 0. The standard InChI is InChI=1S/C18H17F3N6O2/c1-22-15-8-14(25-12-4-2-3-5-13(12)29-18(19,20)21)26-16-11(9-23-27(15)16)17(28)24-10-6-7-10/h2-5,8-10,22H,6-7H2,1H3,(H,24,28)(H,25,26). The number of benzene rings is 1. The summed E-state index contributed by atoms with van der Waals surface area (Å²) in [7, 11) is 1.66. The number of nitrogens with zero attached hydrogens (tertiary/aromatic N) is 3. The number of amides is 1. The maximum atomic E-state index is 12.7. The SMILES string of the molecule is CNc1cc(Nc2ccccc2OC(F)(F)F)nc2c(C(=O)NC3CC3)cnn12. The molecule has 2 heterocycles. The predicted molar refractivity (Wildman–Crippen MR) is 99.4 cm³/mol. The molecule has 1 amide bonds. The van der Waals surface area contributed by atoms with E-state index in [1.165, 1.54) is 28.9 Å². The topological polar surface area (TPSA) is 92.6 Å². The third kappa shape index (κ3) is 4.18. The van der Waals surface area contributed by atoms with Crippen molar-refractivity contribution in [2.75, 3.05) is 17.7 Å². The number of anilines is 3. The first-order valence-electron chi connectivity index (χ1n) is 8.83. The summed E-state index contributed by atoms with van der Waals surface area (Å²) in [5, 5.41) is 12.8. The fourth-order valence-electron chi connectivity index (χ4n) is 2.78. The van der Waals surface area contributed by atoms with Crippen LogP contribution in [-0.2, 0) is 0 Å². The fraction of sp³-hybridized carbons (Fsp3) is 0.278. The summed E-state index contributed by atoms with van der Waals surface area (Å²) in [4.78, 5) is 16.8. The van der Waals surface area contributed by atoms with Crippen molar-refractivity contribution in [2.45, 2.75) is 25.2 Å². The van der Waals surface area contributed by atoms with E-state index in [1.54, 1.807) is 19.2 Å². The normalized spacial score (nSPS) is 13.9. The Morgan fingerprint density at radius 3 is 2.72 bits per heavy atom. The average Bonchev–Trinajstić information content (AvgIpc) is 3.37. The van der Waals surface area contributed by atoms with Crippen molar-refractivity contribution in [3.8, 4) is 5.75 Å². The number of nitrogens with one attached hydrogen (secondary N) is 3. The monoisotopic (exact) mass is 406 g/mol. The van der Waals surface area contributed by atoms with Crippen molar-refractivity contribution in [1.29, 1.82) is 0 Å². The van der Waals surface area contributed by atoms with Crippen LogP contribution in [0.5, 0.6) is 5.75 Å². The Labute approximate surface area is 163 Å². The van der Waals surface area contributed by atoms with Gasteiger partial charge in [-0.05, 0) is 25.0 Å². The summed E-state index contributed by atoms with van der Waals surface area (Å²) in [6.45, 7) is 0. The molecule has 152 valence electrons. The van der Waals surface area contributed by atoms with Crippen LogP contribution in [0.2, 0.25) is 0 Å². The van der Waals surface area contributed by atoms with E-state index in [-0.39, 0.29) is 34.7 Å². The largest absolute Gasteiger partial charge is 0.573 e. The molecule has 0 radical (unpaired) electrons. The molecule has 0 atom stereocenters. The smallest absolute Gasteiger partial charge is 0.404 e. The van der Waals surface area contributed by atoms with Gasteiger partial charge in [0.15, 0.2) is 11.4 Å². The number of hydrogen-bond acceptors (Lipinski definition) is 6. The van der Waals surface area contributed by atoms with E-state index in [1.807, 2.05) is 0 Å². The Morgan fingerprint density at radius 1 is 1.28 bits per heavy atom. The highest BCUT2D eigenvalue weighted by molar-refractivity contribution is 6.00. The lowest BCUT2D eigenvalue weighted by Gasteiger charge is -2.15. The Morgan fingerprint density at radius 2 is 2.03 bits per heavy atom. The molecule has 1 fully saturated rings. The van der Waals surface area contributed by atoms with Gasteiger partial charge >= 0.3 is 6.36 Å². The minimum Gasteiger partial charge on any atom is -0.404 e. The molecular weight excluding hydrogens is 389 g/mol. The first-order chi connectivity index (χ1) is 13.8. The lowest BCUT2D eigenvalue weighted by molar-refractivity contribution is -0.274. The molecule has 1 aromatic carbocycles. The second-order valence-electron chi connectivity index (χ2n) is 6.49. The molecule has 1 saturated carbocycles. The number of halogens is 3. The maximum absolute atomic E-state index is 12.7. The number of ether oxygens (including phenoxy) is 1. The van der Waals surface area contributed by atoms with Gasteiger partial charge in [0.1, 0.15) is 17.2 Å². The molecule has 3 N–H and O–H groups in total. The van der Waals surface area contributed by atoms with Crippen molar-refractivity contribution in [1.82, 2.24) is 19.9 Å². The van der Waals surface area contributed by atoms with Crippen LogP contribution in [0, 0.1) is 0 Å². The van der Waals surface area contributed by atoms with Gasteiger partial charge in [-0.25, -0.2) is 4.98 Å². The molecular formula is C18H17F3N6O2. The van der Waals surface area contributed by atoms with Crippen molar-refractivity contribution in [3.63, 3.8) is 0 Å². The summed E-state index contributed by atoms with van der Waals surface area (Å²) < 4.78 is 43.5. The molecule has 0 aliphatic heterocycles. The highest BCUT2D eigenvalue weighted by Crippen LogP contribution is 2.32. The first-order valence-corrected chi connectivity index (χ1v) is 8.83. The Bertz CT molecular complexity index is 1060. The highest BCUT2D eigenvalue weighted by atomic mass is 19.4. The number of carbonyl (C=O) groups excluding carboxylic acids is 1. The van der Waals surface area contributed by atoms with Crippen LogP contribution in [0.25, 0.3) is 5.65 Å². The van der Waals surface area contributed by atoms with Crippen LogP contribution in [-0.4, -0.2) is 40.0 Å². The van der Waals surface area contributed by atoms with Gasteiger partial charge in [-0.1, -0.05) is 12.1 Å². The third-order valence-electron chi connectivity index (χ3n) is 4.26. The van der Waals surface area contributed by atoms with Gasteiger partial charge < -0.3 is 20.7 Å². The molecule has 0 saturated heterocycles. The number of carbonyl (C=O) groups is 1. The molecule has 1 aliphatic carbocycles. The number of alkyl halides is 3. The molecule has 0 bridgehead atoms. The van der Waals surface area contributed by atoms with Gasteiger partial charge in [0.2, 0.25) is 0 Å². The van der Waals surface area contributed by atoms with Crippen molar-refractivity contribution < 1.29 is 22.7 Å². The molecule has 29 heavy (non-hydrogen) atoms. The number of hydrogen-bond donors (Lipinski definition) is 3. The van der Waals surface area contributed by atoms with Crippen LogP contribution >= 0.6 is 0 Å². The van der Waals surface area contributed by atoms with Crippen molar-refractivity contribution >= 4 is 28.9 Å². The quantitative estimate of drug-likeness (QED) is 0.582. The Kier molecular flexibility index (Phi) is 4.65. The zero-order chi connectivity index (χ0) is 20.6. The summed E-state index contributed by atoms with van der Waals surface area (Å²) in [6, 6.07) is 7.35. The van der Waals surface area contributed by atoms with E-state index >= 15 is 0 Å². The van der Waals surface area contributed by atoms with Crippen LogP contribution in [0.3, 0.4) is 0 Å². The second kappa shape index (κ2) is 7.15. The molecule has 0 unspecified atom stereocenters. The van der Waals surface area contributed by atoms with Crippen molar-refractivity contribution in [3.05, 3.63) is 42.1 Å². The highest BCUT2D eigenvalue weighted by Gasteiger charge is 2.32. The average molecular weight is 406 g/mol. The van der Waals surface area contributed by atoms with E-state index in [0.717, 1.165) is 12.8 Å². The lowest BCUT2D eigenvalue weighted by Crippen LogP contribution is -2.25. The minimum absolute atomic E-state index is 0.0761. The molecule has 1 aliphatic rings. The molecule has 0 spiro atoms. The minimum atomic E-state index is -4.83. The van der Waals surface area contributed by atoms with E-state index in [9.17, 15) is 18.0 Å². The van der Waals surface area contributed by atoms with Gasteiger partial charge in [-0.3, -0.25) is 4.79 Å². The van der Waals surface area contributed by atoms with Crippen LogP contribution < -0.4 is 20.7 Å². The van der Waals surface area contributed by atoms with Crippen LogP contribution in [0.4, 0.5) is 30.5 Å². The second-order valence-corrected chi connectivity index (χ2v) is 6.49. The molecule has 8 nitrogen and oxygen atoms in total. The molecule has 3 aromatic rings. The van der Waals surface area contributed by atoms with E-state index in [0.29, 0.717) is 5.82 Å². The Balaban J connectivity index is 1.70. The maximum Gasteiger partial charge on any atom is 0.573 e. The lowest BCUT2D eigenvalue weighted by atomic mass is 10.3. The molecule has 4 rings (SSSR count). The van der Waals surface area contributed by atoms with Gasteiger partial charge in [-0.15, -0.1) is 13.2 Å². The fourth-order valence-corrected chi connectivity index (χ4v) is 2.78. The third-order valence-corrected chi connectivity index (χ3v) is 4.26. The summed E-state index contributed by atoms with van der Waals surface area (Å²) in [5.41, 5.74) is 0.621. The predicted octanol–water partition coefficient (Wildman–Crippen LogP) is 3.31. The van der Waals surface area contributed by atoms with Crippen molar-refractivity contribution in [2.24, 2.45) is 0 Å². The van der Waals surface area contributed by atoms with E-state index in [2.05, 4.69) is 30.8 Å². The molecule has 11 heteroatoms. The van der Waals surface area contributed by atoms with Gasteiger partial charge in [0.05, 0.1) is 11.9 Å². The summed E-state index contributed by atoms with van der Waals surface area (Å²) in [5.74, 6) is 0.0288. The zero-order valence-electron chi connectivity index (χ0n) is 15.2. The number of fused-ring (bicyclic) bond motifs is 1. The first kappa shape index (κ1) is 18.8. The van der Waals surface area contributed by atoms with Crippen LogP contribution in [0.1, 0.15) is 23.2 Å². The van der Waals surface area contributed by atoms with Gasteiger partial charge in [0, 0.05) is 19.2 Å². The number of para-hydroxylation sites is 2. The number of aromatic nitrogens is 3. The zero-order valence-corrected chi connectivity index (χ0v) is 15.2. The number of rotatable bonds is 6.